The summed E-state index contributed by atoms with van der Waals surface area (Å²) in [5.41, 5.74) is 4.02. The Hall–Kier alpha value is -2.86. The smallest absolute Gasteiger partial charge is 0.278 e. The van der Waals surface area contributed by atoms with Crippen LogP contribution in [-0.2, 0) is 12.3 Å². The second-order valence-corrected chi connectivity index (χ2v) is 7.09. The number of benzene rings is 2. The first kappa shape index (κ1) is 17.5. The lowest BCUT2D eigenvalue weighted by atomic mass is 10.1. The Bertz CT molecular complexity index is 1130. The van der Waals surface area contributed by atoms with Gasteiger partial charge < -0.3 is 4.98 Å². The minimum atomic E-state index is -0.256. The Balaban J connectivity index is 1.77. The average Bonchev–Trinajstić information content (AvgIpc) is 3.12. The van der Waals surface area contributed by atoms with Crippen LogP contribution in [0.2, 0.25) is 0 Å². The van der Waals surface area contributed by atoms with E-state index in [2.05, 4.69) is 4.98 Å². The number of fused-ring (bicyclic) bond motifs is 1. The van der Waals surface area contributed by atoms with Crippen molar-refractivity contribution in [3.63, 3.8) is 0 Å². The molecule has 0 spiro atoms. The highest BCUT2D eigenvalue weighted by Gasteiger charge is 2.16. The Morgan fingerprint density at radius 2 is 1.85 bits per heavy atom. The van der Waals surface area contributed by atoms with Gasteiger partial charge >= 0.3 is 0 Å². The van der Waals surface area contributed by atoms with E-state index in [-0.39, 0.29) is 11.4 Å². The van der Waals surface area contributed by atoms with Gasteiger partial charge in [-0.1, -0.05) is 54.2 Å². The number of hydrogen-bond donors (Lipinski definition) is 1. The molecule has 2 aromatic carbocycles. The lowest BCUT2D eigenvalue weighted by Gasteiger charge is -2.10. The third-order valence-electron chi connectivity index (χ3n) is 4.43. The zero-order valence-corrected chi connectivity index (χ0v) is 15.6. The van der Waals surface area contributed by atoms with Crippen molar-refractivity contribution >= 4 is 22.8 Å². The summed E-state index contributed by atoms with van der Waals surface area (Å²) in [7, 11) is 0. The normalized spacial score (nSPS) is 11.2. The molecule has 2 heterocycles. The second kappa shape index (κ2) is 7.40. The number of thioether (sulfide) groups is 1. The summed E-state index contributed by atoms with van der Waals surface area (Å²) in [6.45, 7) is 2.46. The van der Waals surface area contributed by atoms with Crippen molar-refractivity contribution < 1.29 is 4.39 Å². The van der Waals surface area contributed by atoms with Crippen molar-refractivity contribution in [2.24, 2.45) is 0 Å². The molecule has 136 valence electrons. The standard InChI is InChI=1S/C21H18FN3OS/c1-2-25-20(26)19-18(17(12-23-19)15-6-4-3-5-7-15)24-21(25)27-13-14-8-10-16(22)11-9-14/h3-12,23H,2,13H2,1H3. The summed E-state index contributed by atoms with van der Waals surface area (Å²) in [5.74, 6) is 0.358. The molecule has 0 radical (unpaired) electrons. The summed E-state index contributed by atoms with van der Waals surface area (Å²) in [4.78, 5) is 20.8. The summed E-state index contributed by atoms with van der Waals surface area (Å²) in [5, 5.41) is 0.663. The van der Waals surface area contributed by atoms with Gasteiger partial charge in [-0.2, -0.15) is 0 Å². The molecule has 0 aliphatic rings. The number of aromatic amines is 1. The number of nitrogens with one attached hydrogen (secondary N) is 1. The second-order valence-electron chi connectivity index (χ2n) is 6.15. The highest BCUT2D eigenvalue weighted by molar-refractivity contribution is 7.98. The average molecular weight is 379 g/mol. The molecule has 0 aliphatic carbocycles. The van der Waals surface area contributed by atoms with Crippen LogP contribution in [0.5, 0.6) is 0 Å². The number of aromatic nitrogens is 3. The van der Waals surface area contributed by atoms with Crippen LogP contribution in [0.3, 0.4) is 0 Å². The number of halogens is 1. The van der Waals surface area contributed by atoms with Crippen molar-refractivity contribution in [2.45, 2.75) is 24.4 Å². The van der Waals surface area contributed by atoms with E-state index in [1.807, 2.05) is 43.5 Å². The molecule has 0 fully saturated rings. The molecule has 0 saturated carbocycles. The largest absolute Gasteiger partial charge is 0.355 e. The van der Waals surface area contributed by atoms with E-state index in [1.165, 1.54) is 23.9 Å². The van der Waals surface area contributed by atoms with Crippen LogP contribution in [0, 0.1) is 5.82 Å². The van der Waals surface area contributed by atoms with E-state index in [0.717, 1.165) is 16.7 Å². The maximum Gasteiger partial charge on any atom is 0.278 e. The van der Waals surface area contributed by atoms with Crippen molar-refractivity contribution in [3.05, 3.63) is 82.5 Å². The van der Waals surface area contributed by atoms with Gasteiger partial charge in [-0.05, 0) is 30.2 Å². The lowest BCUT2D eigenvalue weighted by Crippen LogP contribution is -2.22. The van der Waals surface area contributed by atoms with Crippen LogP contribution in [0.15, 0.2) is 70.7 Å². The van der Waals surface area contributed by atoms with E-state index in [9.17, 15) is 9.18 Å². The van der Waals surface area contributed by atoms with Crippen LogP contribution in [-0.4, -0.2) is 14.5 Å². The van der Waals surface area contributed by atoms with Crippen LogP contribution >= 0.6 is 11.8 Å². The van der Waals surface area contributed by atoms with E-state index >= 15 is 0 Å². The Labute approximate surface area is 160 Å². The van der Waals surface area contributed by atoms with Gasteiger partial charge in [0.2, 0.25) is 0 Å². The minimum absolute atomic E-state index is 0.0775. The Morgan fingerprint density at radius 1 is 1.11 bits per heavy atom. The fourth-order valence-corrected chi connectivity index (χ4v) is 4.04. The topological polar surface area (TPSA) is 50.7 Å². The molecule has 0 bridgehead atoms. The number of H-pyrrole nitrogens is 1. The number of rotatable bonds is 5. The van der Waals surface area contributed by atoms with Crippen molar-refractivity contribution in [2.75, 3.05) is 0 Å². The van der Waals surface area contributed by atoms with Gasteiger partial charge in [0.25, 0.3) is 5.56 Å². The van der Waals surface area contributed by atoms with Crippen molar-refractivity contribution in [1.29, 1.82) is 0 Å². The van der Waals surface area contributed by atoms with Gasteiger partial charge in [-0.3, -0.25) is 9.36 Å². The molecule has 2 aromatic heterocycles. The molecule has 4 nitrogen and oxygen atoms in total. The molecule has 4 rings (SSSR count). The van der Waals surface area contributed by atoms with E-state index in [4.69, 9.17) is 4.98 Å². The fraction of sp³-hybridized carbons (Fsp3) is 0.143. The highest BCUT2D eigenvalue weighted by Crippen LogP contribution is 2.28. The summed E-state index contributed by atoms with van der Waals surface area (Å²) >= 11 is 1.48. The monoisotopic (exact) mass is 379 g/mol. The molecule has 0 unspecified atom stereocenters. The van der Waals surface area contributed by atoms with Gasteiger partial charge in [-0.15, -0.1) is 0 Å². The minimum Gasteiger partial charge on any atom is -0.355 e. The maximum atomic E-state index is 13.1. The van der Waals surface area contributed by atoms with Gasteiger partial charge in [-0.25, -0.2) is 9.37 Å². The maximum absolute atomic E-state index is 13.1. The first-order valence-electron chi connectivity index (χ1n) is 8.72. The fourth-order valence-electron chi connectivity index (χ4n) is 3.03. The summed E-state index contributed by atoms with van der Waals surface area (Å²) in [6.07, 6.45) is 1.84. The first-order chi connectivity index (χ1) is 13.2. The van der Waals surface area contributed by atoms with Crippen molar-refractivity contribution in [3.8, 4) is 11.1 Å². The molecule has 0 amide bonds. The van der Waals surface area contributed by atoms with E-state index in [1.54, 1.807) is 16.7 Å². The third-order valence-corrected chi connectivity index (χ3v) is 5.48. The predicted molar refractivity (Wildman–Crippen MR) is 107 cm³/mol. The van der Waals surface area contributed by atoms with Crippen LogP contribution < -0.4 is 5.56 Å². The molecular formula is C21H18FN3OS. The molecular weight excluding hydrogens is 361 g/mol. The first-order valence-corrected chi connectivity index (χ1v) is 9.70. The SMILES string of the molecule is CCn1c(SCc2ccc(F)cc2)nc2c(-c3ccccc3)c[nH]c2c1=O. The van der Waals surface area contributed by atoms with Gasteiger partial charge in [0.15, 0.2) is 5.16 Å². The molecule has 1 N–H and O–H groups in total. The molecule has 0 atom stereocenters. The zero-order valence-electron chi connectivity index (χ0n) is 14.8. The summed E-state index contributed by atoms with van der Waals surface area (Å²) < 4.78 is 14.8. The molecule has 6 heteroatoms. The van der Waals surface area contributed by atoms with Gasteiger partial charge in [0, 0.05) is 24.1 Å². The van der Waals surface area contributed by atoms with Crippen LogP contribution in [0.1, 0.15) is 12.5 Å². The summed E-state index contributed by atoms with van der Waals surface area (Å²) in [6, 6.07) is 16.3. The Morgan fingerprint density at radius 3 is 2.56 bits per heavy atom. The van der Waals surface area contributed by atoms with Crippen LogP contribution in [0.25, 0.3) is 22.2 Å². The van der Waals surface area contributed by atoms with Gasteiger partial charge in [0.05, 0.1) is 0 Å². The highest BCUT2D eigenvalue weighted by atomic mass is 32.2. The number of hydrogen-bond acceptors (Lipinski definition) is 3. The van der Waals surface area contributed by atoms with Crippen molar-refractivity contribution in [1.82, 2.24) is 14.5 Å². The molecule has 0 aliphatic heterocycles. The quantitative estimate of drug-likeness (QED) is 0.399. The van der Waals surface area contributed by atoms with Gasteiger partial charge in [0.1, 0.15) is 16.9 Å². The third kappa shape index (κ3) is 3.40. The molecule has 0 saturated heterocycles. The predicted octanol–water partition coefficient (Wildman–Crippen LogP) is 4.84. The van der Waals surface area contributed by atoms with E-state index < -0.39 is 0 Å². The zero-order chi connectivity index (χ0) is 18.8. The molecule has 27 heavy (non-hydrogen) atoms. The lowest BCUT2D eigenvalue weighted by molar-refractivity contribution is 0.627. The Kier molecular flexibility index (Phi) is 4.81. The molecule has 4 aromatic rings. The van der Waals surface area contributed by atoms with E-state index in [0.29, 0.717) is 28.5 Å². The van der Waals surface area contributed by atoms with Crippen LogP contribution in [0.4, 0.5) is 4.39 Å². The number of nitrogens with zero attached hydrogens (tertiary/aromatic N) is 2.